The van der Waals surface area contributed by atoms with Crippen LogP contribution in [0.4, 0.5) is 18.9 Å². The molecular weight excluding hydrogens is 337 g/mol. The number of hydrogen-bond acceptors (Lipinski definition) is 4. The molecule has 25 heavy (non-hydrogen) atoms. The van der Waals surface area contributed by atoms with Crippen molar-refractivity contribution in [3.8, 4) is 5.88 Å². The molecule has 1 unspecified atom stereocenters. The van der Waals surface area contributed by atoms with Crippen LogP contribution in [-0.4, -0.2) is 30.2 Å². The molecule has 3 rings (SSSR count). The lowest BCUT2D eigenvalue weighted by Crippen LogP contribution is -2.18. The second-order valence-electron chi connectivity index (χ2n) is 5.49. The number of para-hydroxylation sites is 1. The maximum absolute atomic E-state index is 13.0. The van der Waals surface area contributed by atoms with E-state index in [-0.39, 0.29) is 17.4 Å². The van der Waals surface area contributed by atoms with Gasteiger partial charge in [0.25, 0.3) is 5.91 Å². The third-order valence-corrected chi connectivity index (χ3v) is 3.65. The highest BCUT2D eigenvalue weighted by molar-refractivity contribution is 6.04. The van der Waals surface area contributed by atoms with Crippen molar-refractivity contribution in [1.82, 2.24) is 4.98 Å². The lowest BCUT2D eigenvalue weighted by atomic mass is 10.1. The minimum Gasteiger partial charge on any atom is -0.472 e. The number of nitrogens with one attached hydrogen (secondary N) is 1. The molecule has 1 amide bonds. The first kappa shape index (κ1) is 17.2. The summed E-state index contributed by atoms with van der Waals surface area (Å²) in [6, 6.07) is 7.75. The third-order valence-electron chi connectivity index (χ3n) is 3.65. The highest BCUT2D eigenvalue weighted by Crippen LogP contribution is 2.34. The molecule has 0 spiro atoms. The van der Waals surface area contributed by atoms with Gasteiger partial charge in [0.1, 0.15) is 6.10 Å². The Hall–Kier alpha value is -2.61. The number of nitrogens with zero attached hydrogens (tertiary/aromatic N) is 1. The Morgan fingerprint density at radius 3 is 2.68 bits per heavy atom. The van der Waals surface area contributed by atoms with Gasteiger partial charge in [-0.1, -0.05) is 12.1 Å². The van der Waals surface area contributed by atoms with E-state index in [9.17, 15) is 18.0 Å². The van der Waals surface area contributed by atoms with Crippen molar-refractivity contribution in [2.24, 2.45) is 0 Å². The number of rotatable bonds is 4. The van der Waals surface area contributed by atoms with Crippen LogP contribution in [0.1, 0.15) is 22.3 Å². The van der Waals surface area contributed by atoms with Crippen LogP contribution in [0.25, 0.3) is 0 Å². The molecule has 2 aromatic rings. The zero-order valence-electron chi connectivity index (χ0n) is 13.0. The quantitative estimate of drug-likeness (QED) is 0.915. The Kier molecular flexibility index (Phi) is 4.89. The summed E-state index contributed by atoms with van der Waals surface area (Å²) >= 11 is 0. The van der Waals surface area contributed by atoms with Gasteiger partial charge in [-0.15, -0.1) is 0 Å². The number of hydrogen-bond donors (Lipinski definition) is 1. The number of anilines is 1. The number of benzene rings is 1. The molecule has 1 aliphatic rings. The molecule has 5 nitrogen and oxygen atoms in total. The standard InChI is InChI=1S/C17H15F3N2O3/c18-17(19,20)13-3-1-2-4-14(13)22-16(23)11-5-6-15(21-9-11)25-12-7-8-24-10-12/h1-6,9,12H,7-8,10H2,(H,22,23). The predicted molar refractivity (Wildman–Crippen MR) is 83.5 cm³/mol. The average Bonchev–Trinajstić information content (AvgIpc) is 3.08. The van der Waals surface area contributed by atoms with E-state index < -0.39 is 17.6 Å². The summed E-state index contributed by atoms with van der Waals surface area (Å²) in [5.41, 5.74) is -1.08. The van der Waals surface area contributed by atoms with Crippen molar-refractivity contribution in [3.05, 3.63) is 53.7 Å². The van der Waals surface area contributed by atoms with E-state index in [1.165, 1.54) is 36.5 Å². The van der Waals surface area contributed by atoms with Crippen LogP contribution in [0.2, 0.25) is 0 Å². The molecule has 1 N–H and O–H groups in total. The van der Waals surface area contributed by atoms with Crippen LogP contribution in [0, 0.1) is 0 Å². The Balaban J connectivity index is 1.69. The number of alkyl halides is 3. The summed E-state index contributed by atoms with van der Waals surface area (Å²) in [7, 11) is 0. The summed E-state index contributed by atoms with van der Waals surface area (Å²) < 4.78 is 49.6. The van der Waals surface area contributed by atoms with Crippen molar-refractivity contribution < 1.29 is 27.4 Å². The predicted octanol–water partition coefficient (Wildman–Crippen LogP) is 3.52. The fourth-order valence-electron chi connectivity index (χ4n) is 2.39. The highest BCUT2D eigenvalue weighted by Gasteiger charge is 2.33. The lowest BCUT2D eigenvalue weighted by Gasteiger charge is -2.14. The Labute approximate surface area is 141 Å². The summed E-state index contributed by atoms with van der Waals surface area (Å²) in [5, 5.41) is 2.27. The van der Waals surface area contributed by atoms with Crippen LogP contribution in [0.15, 0.2) is 42.6 Å². The number of carbonyl (C=O) groups excluding carboxylic acids is 1. The normalized spacial score (nSPS) is 17.3. The molecule has 0 bridgehead atoms. The van der Waals surface area contributed by atoms with Gasteiger partial charge >= 0.3 is 6.18 Å². The number of pyridine rings is 1. The zero-order valence-corrected chi connectivity index (χ0v) is 13.0. The maximum Gasteiger partial charge on any atom is 0.418 e. The van der Waals surface area contributed by atoms with Gasteiger partial charge in [-0.3, -0.25) is 4.79 Å². The first-order valence-corrected chi connectivity index (χ1v) is 7.61. The third kappa shape index (κ3) is 4.27. The van der Waals surface area contributed by atoms with Gasteiger partial charge in [0.15, 0.2) is 0 Å². The maximum atomic E-state index is 13.0. The van der Waals surface area contributed by atoms with Gasteiger partial charge in [-0.05, 0) is 18.2 Å². The largest absolute Gasteiger partial charge is 0.472 e. The van der Waals surface area contributed by atoms with Gasteiger partial charge in [0, 0.05) is 18.7 Å². The summed E-state index contributed by atoms with van der Waals surface area (Å²) in [6.07, 6.45) is -2.61. The Bertz CT molecular complexity index is 742. The fraction of sp³-hybridized carbons (Fsp3) is 0.294. The zero-order chi connectivity index (χ0) is 17.9. The summed E-state index contributed by atoms with van der Waals surface area (Å²) in [5.74, 6) is -0.345. The van der Waals surface area contributed by atoms with E-state index >= 15 is 0 Å². The average molecular weight is 352 g/mol. The van der Waals surface area contributed by atoms with Crippen molar-refractivity contribution in [3.63, 3.8) is 0 Å². The van der Waals surface area contributed by atoms with E-state index in [1.54, 1.807) is 0 Å². The molecule has 1 atom stereocenters. The lowest BCUT2D eigenvalue weighted by molar-refractivity contribution is -0.136. The van der Waals surface area contributed by atoms with Crippen LogP contribution in [-0.2, 0) is 10.9 Å². The van der Waals surface area contributed by atoms with Crippen molar-refractivity contribution in [2.45, 2.75) is 18.7 Å². The number of ether oxygens (including phenoxy) is 2. The molecule has 0 saturated carbocycles. The second kappa shape index (κ2) is 7.10. The molecule has 1 aromatic carbocycles. The minimum atomic E-state index is -4.55. The van der Waals surface area contributed by atoms with Gasteiger partial charge < -0.3 is 14.8 Å². The van der Waals surface area contributed by atoms with Crippen LogP contribution >= 0.6 is 0 Å². The Morgan fingerprint density at radius 2 is 2.04 bits per heavy atom. The summed E-state index contributed by atoms with van der Waals surface area (Å²) in [4.78, 5) is 16.2. The minimum absolute atomic E-state index is 0.0779. The fourth-order valence-corrected chi connectivity index (χ4v) is 2.39. The van der Waals surface area contributed by atoms with Crippen molar-refractivity contribution in [2.75, 3.05) is 18.5 Å². The molecule has 2 heterocycles. The topological polar surface area (TPSA) is 60.5 Å². The summed E-state index contributed by atoms with van der Waals surface area (Å²) in [6.45, 7) is 1.11. The second-order valence-corrected chi connectivity index (χ2v) is 5.49. The highest BCUT2D eigenvalue weighted by atomic mass is 19.4. The first-order chi connectivity index (χ1) is 11.9. The smallest absolute Gasteiger partial charge is 0.418 e. The Morgan fingerprint density at radius 1 is 1.24 bits per heavy atom. The van der Waals surface area contributed by atoms with Gasteiger partial charge in [0.2, 0.25) is 5.88 Å². The molecule has 1 fully saturated rings. The van der Waals surface area contributed by atoms with E-state index in [1.807, 2.05) is 0 Å². The molecule has 1 aromatic heterocycles. The monoisotopic (exact) mass is 352 g/mol. The van der Waals surface area contributed by atoms with Crippen LogP contribution < -0.4 is 10.1 Å². The van der Waals surface area contributed by atoms with Crippen molar-refractivity contribution >= 4 is 11.6 Å². The SMILES string of the molecule is O=C(Nc1ccccc1C(F)(F)F)c1ccc(OC2CCOC2)nc1. The van der Waals surface area contributed by atoms with E-state index in [4.69, 9.17) is 9.47 Å². The molecule has 132 valence electrons. The number of aromatic nitrogens is 1. The van der Waals surface area contributed by atoms with E-state index in [2.05, 4.69) is 10.3 Å². The number of amides is 1. The van der Waals surface area contributed by atoms with Gasteiger partial charge in [-0.25, -0.2) is 4.98 Å². The van der Waals surface area contributed by atoms with Crippen LogP contribution in [0.5, 0.6) is 5.88 Å². The molecule has 0 radical (unpaired) electrons. The molecule has 0 aliphatic carbocycles. The first-order valence-electron chi connectivity index (χ1n) is 7.61. The molecule has 1 aliphatic heterocycles. The number of carbonyl (C=O) groups is 1. The van der Waals surface area contributed by atoms with Gasteiger partial charge in [0.05, 0.1) is 30.0 Å². The molecular formula is C17H15F3N2O3. The van der Waals surface area contributed by atoms with E-state index in [0.29, 0.717) is 19.1 Å². The van der Waals surface area contributed by atoms with E-state index in [0.717, 1.165) is 12.5 Å². The number of halogens is 3. The molecule has 1 saturated heterocycles. The van der Waals surface area contributed by atoms with Crippen molar-refractivity contribution in [1.29, 1.82) is 0 Å². The van der Waals surface area contributed by atoms with Crippen LogP contribution in [0.3, 0.4) is 0 Å². The van der Waals surface area contributed by atoms with Gasteiger partial charge in [-0.2, -0.15) is 13.2 Å². The molecule has 8 heteroatoms.